The molecule has 1 amide bonds. The van der Waals surface area contributed by atoms with Crippen LogP contribution in [0.3, 0.4) is 0 Å². The van der Waals surface area contributed by atoms with Gasteiger partial charge in [-0.1, -0.05) is 0 Å². The number of hydrogen-bond acceptors (Lipinski definition) is 7. The summed E-state index contributed by atoms with van der Waals surface area (Å²) in [4.78, 5) is 27.5. The van der Waals surface area contributed by atoms with Crippen molar-refractivity contribution < 1.29 is 9.53 Å². The molecule has 138 valence electrons. The number of aryl methyl sites for hydroxylation is 1. The van der Waals surface area contributed by atoms with Crippen LogP contribution in [0.4, 0.5) is 5.69 Å². The number of anilines is 1. The van der Waals surface area contributed by atoms with Gasteiger partial charge in [0.2, 0.25) is 0 Å². The van der Waals surface area contributed by atoms with Gasteiger partial charge in [0.05, 0.1) is 30.8 Å². The van der Waals surface area contributed by atoms with Crippen LogP contribution in [0.15, 0.2) is 36.0 Å². The van der Waals surface area contributed by atoms with Gasteiger partial charge in [-0.2, -0.15) is 0 Å². The van der Waals surface area contributed by atoms with E-state index in [1.165, 1.54) is 11.3 Å². The smallest absolute Gasteiger partial charge is 0.268 e. The third-order valence-corrected chi connectivity index (χ3v) is 5.38. The fourth-order valence-electron chi connectivity index (χ4n) is 3.08. The number of nitrogens with zero attached hydrogens (tertiary/aromatic N) is 4. The number of thiazole rings is 1. The number of hydrogen-bond donors (Lipinski definition) is 1. The van der Waals surface area contributed by atoms with Crippen molar-refractivity contribution in [1.82, 2.24) is 15.0 Å². The first-order valence-electron chi connectivity index (χ1n) is 8.64. The van der Waals surface area contributed by atoms with Gasteiger partial charge in [0.1, 0.15) is 10.7 Å². The van der Waals surface area contributed by atoms with Gasteiger partial charge < -0.3 is 15.4 Å². The molecule has 3 aromatic rings. The average molecular weight is 381 g/mol. The number of pyridine rings is 2. The van der Waals surface area contributed by atoms with Crippen molar-refractivity contribution in [2.75, 3.05) is 31.2 Å². The maximum absolute atomic E-state index is 11.9. The maximum Gasteiger partial charge on any atom is 0.268 e. The Labute approximate surface area is 160 Å². The van der Waals surface area contributed by atoms with Crippen LogP contribution in [0.5, 0.6) is 0 Å². The van der Waals surface area contributed by atoms with Gasteiger partial charge in [0.25, 0.3) is 5.91 Å². The van der Waals surface area contributed by atoms with Crippen LogP contribution in [0.1, 0.15) is 16.2 Å². The highest BCUT2D eigenvalue weighted by Crippen LogP contribution is 2.33. The summed E-state index contributed by atoms with van der Waals surface area (Å²) >= 11 is 1.46. The Kier molecular flexibility index (Phi) is 4.83. The molecule has 3 aromatic heterocycles. The van der Waals surface area contributed by atoms with Crippen molar-refractivity contribution in [3.8, 4) is 21.8 Å². The molecule has 0 atom stereocenters. The number of amides is 1. The number of morpholine rings is 1. The zero-order chi connectivity index (χ0) is 18.8. The molecule has 0 unspecified atom stereocenters. The molecule has 0 bridgehead atoms. The summed E-state index contributed by atoms with van der Waals surface area (Å²) in [7, 11) is 0. The number of primary amides is 1. The predicted octanol–water partition coefficient (Wildman–Crippen LogP) is 2.51. The Morgan fingerprint density at radius 3 is 2.81 bits per heavy atom. The second-order valence-corrected chi connectivity index (χ2v) is 7.09. The van der Waals surface area contributed by atoms with Gasteiger partial charge in [-0.3, -0.25) is 9.78 Å². The Morgan fingerprint density at radius 2 is 2.07 bits per heavy atom. The van der Waals surface area contributed by atoms with Crippen molar-refractivity contribution in [2.45, 2.75) is 6.92 Å². The van der Waals surface area contributed by atoms with Crippen LogP contribution < -0.4 is 10.6 Å². The summed E-state index contributed by atoms with van der Waals surface area (Å²) in [6.45, 7) is 4.87. The standard InChI is InChI=1S/C19H19N5O2S/c1-12-14(3-2-4-21-12)16-11-27-19(23-16)15-9-13(10-22-17(15)18(20)25)24-5-7-26-8-6-24/h2-4,9-11H,5-8H2,1H3,(H2,20,25). The van der Waals surface area contributed by atoms with E-state index in [0.29, 0.717) is 23.8 Å². The van der Waals surface area contributed by atoms with E-state index in [9.17, 15) is 4.79 Å². The van der Waals surface area contributed by atoms with Crippen LogP contribution in [0, 0.1) is 6.92 Å². The second kappa shape index (κ2) is 7.42. The van der Waals surface area contributed by atoms with Gasteiger partial charge in [-0.05, 0) is 25.1 Å². The molecular weight excluding hydrogens is 362 g/mol. The minimum absolute atomic E-state index is 0.232. The minimum atomic E-state index is -0.562. The van der Waals surface area contributed by atoms with Crippen molar-refractivity contribution >= 4 is 22.9 Å². The van der Waals surface area contributed by atoms with E-state index in [-0.39, 0.29) is 5.69 Å². The summed E-state index contributed by atoms with van der Waals surface area (Å²) in [6, 6.07) is 5.81. The van der Waals surface area contributed by atoms with Gasteiger partial charge in [-0.25, -0.2) is 9.97 Å². The van der Waals surface area contributed by atoms with Crippen LogP contribution in [-0.2, 0) is 4.74 Å². The van der Waals surface area contributed by atoms with E-state index in [2.05, 4.69) is 14.9 Å². The number of aromatic nitrogens is 3. The Balaban J connectivity index is 1.75. The molecule has 2 N–H and O–H groups in total. The monoisotopic (exact) mass is 381 g/mol. The lowest BCUT2D eigenvalue weighted by atomic mass is 10.1. The molecule has 4 rings (SSSR count). The van der Waals surface area contributed by atoms with Crippen LogP contribution in [0.2, 0.25) is 0 Å². The van der Waals surface area contributed by atoms with Gasteiger partial charge in [0.15, 0.2) is 0 Å². The quantitative estimate of drug-likeness (QED) is 0.746. The Morgan fingerprint density at radius 1 is 1.26 bits per heavy atom. The van der Waals surface area contributed by atoms with Gasteiger partial charge >= 0.3 is 0 Å². The topological polar surface area (TPSA) is 94.2 Å². The highest BCUT2D eigenvalue weighted by atomic mass is 32.1. The molecule has 0 saturated carbocycles. The predicted molar refractivity (Wildman–Crippen MR) is 105 cm³/mol. The van der Waals surface area contributed by atoms with E-state index in [0.717, 1.165) is 35.7 Å². The molecule has 0 spiro atoms. The normalized spacial score (nSPS) is 14.3. The largest absolute Gasteiger partial charge is 0.378 e. The summed E-state index contributed by atoms with van der Waals surface area (Å²) in [5, 5.41) is 2.68. The zero-order valence-corrected chi connectivity index (χ0v) is 15.7. The molecule has 0 aliphatic carbocycles. The Hall–Kier alpha value is -2.84. The van der Waals surface area contributed by atoms with Gasteiger partial charge in [-0.15, -0.1) is 11.3 Å². The summed E-state index contributed by atoms with van der Waals surface area (Å²) in [6.07, 6.45) is 3.45. The lowest BCUT2D eigenvalue weighted by Gasteiger charge is -2.28. The van der Waals surface area contributed by atoms with E-state index in [1.54, 1.807) is 12.4 Å². The first-order chi connectivity index (χ1) is 13.1. The molecule has 0 aromatic carbocycles. The van der Waals surface area contributed by atoms with Crippen LogP contribution >= 0.6 is 11.3 Å². The second-order valence-electron chi connectivity index (χ2n) is 6.23. The number of carbonyl (C=O) groups is 1. The van der Waals surface area contributed by atoms with E-state index < -0.39 is 5.91 Å². The SMILES string of the molecule is Cc1ncccc1-c1csc(-c2cc(N3CCOCC3)cnc2C(N)=O)n1. The first kappa shape index (κ1) is 17.6. The highest BCUT2D eigenvalue weighted by Gasteiger charge is 2.20. The molecule has 1 aliphatic rings. The van der Waals surface area contributed by atoms with Crippen molar-refractivity contribution in [2.24, 2.45) is 5.73 Å². The summed E-state index contributed by atoms with van der Waals surface area (Å²) in [5.41, 5.74) is 10.1. The molecule has 4 heterocycles. The van der Waals surface area contributed by atoms with E-state index in [1.807, 2.05) is 30.5 Å². The fourth-order valence-corrected chi connectivity index (χ4v) is 3.92. The number of carbonyl (C=O) groups excluding carboxylic acids is 1. The average Bonchev–Trinajstić information content (AvgIpc) is 3.18. The van der Waals surface area contributed by atoms with Crippen molar-refractivity contribution in [3.05, 3.63) is 47.4 Å². The Bertz CT molecular complexity index is 982. The number of ether oxygens (including phenoxy) is 1. The molecule has 1 fully saturated rings. The number of nitrogens with two attached hydrogens (primary N) is 1. The van der Waals surface area contributed by atoms with Crippen molar-refractivity contribution in [1.29, 1.82) is 0 Å². The summed E-state index contributed by atoms with van der Waals surface area (Å²) < 4.78 is 5.41. The first-order valence-corrected chi connectivity index (χ1v) is 9.52. The molecule has 7 nitrogen and oxygen atoms in total. The maximum atomic E-state index is 11.9. The molecule has 1 aliphatic heterocycles. The van der Waals surface area contributed by atoms with Crippen LogP contribution in [0.25, 0.3) is 21.8 Å². The van der Waals surface area contributed by atoms with Crippen LogP contribution in [-0.4, -0.2) is 47.2 Å². The molecule has 1 saturated heterocycles. The van der Waals surface area contributed by atoms with Gasteiger partial charge in [0, 0.05) is 41.5 Å². The molecule has 27 heavy (non-hydrogen) atoms. The van der Waals surface area contributed by atoms with E-state index in [4.69, 9.17) is 15.5 Å². The third kappa shape index (κ3) is 3.54. The molecule has 8 heteroatoms. The van der Waals surface area contributed by atoms with E-state index >= 15 is 0 Å². The fraction of sp³-hybridized carbons (Fsp3) is 0.263. The third-order valence-electron chi connectivity index (χ3n) is 4.50. The molecule has 0 radical (unpaired) electrons. The van der Waals surface area contributed by atoms with Crippen molar-refractivity contribution in [3.63, 3.8) is 0 Å². The summed E-state index contributed by atoms with van der Waals surface area (Å²) in [5.74, 6) is -0.562. The minimum Gasteiger partial charge on any atom is -0.378 e. The number of rotatable bonds is 4. The highest BCUT2D eigenvalue weighted by molar-refractivity contribution is 7.13. The zero-order valence-electron chi connectivity index (χ0n) is 14.9. The lowest BCUT2D eigenvalue weighted by molar-refractivity contribution is 0.0996. The lowest BCUT2D eigenvalue weighted by Crippen LogP contribution is -2.36. The molecular formula is C19H19N5O2S.